The maximum atomic E-state index is 12.2. The summed E-state index contributed by atoms with van der Waals surface area (Å²) in [5.41, 5.74) is 0. The molecule has 0 spiro atoms. The van der Waals surface area contributed by atoms with Crippen molar-refractivity contribution in [3.8, 4) is 0 Å². The van der Waals surface area contributed by atoms with Gasteiger partial charge in [-0.15, -0.1) is 0 Å². The Kier molecular flexibility index (Phi) is 5.94. The van der Waals surface area contributed by atoms with Crippen molar-refractivity contribution in [2.75, 3.05) is 37.7 Å². The third-order valence-corrected chi connectivity index (χ3v) is 5.23. The molecule has 1 atom stereocenters. The van der Waals surface area contributed by atoms with Crippen LogP contribution in [0.15, 0.2) is 0 Å². The zero-order valence-electron chi connectivity index (χ0n) is 11.9. The summed E-state index contributed by atoms with van der Waals surface area (Å²) >= 11 is 0. The number of rotatable bonds is 7. The van der Waals surface area contributed by atoms with Gasteiger partial charge in [0.25, 0.3) is 0 Å². The Bertz CT molecular complexity index is 462. The van der Waals surface area contributed by atoms with Gasteiger partial charge in [0.15, 0.2) is 9.84 Å². The van der Waals surface area contributed by atoms with Crippen LogP contribution in [0.1, 0.15) is 20.3 Å². The van der Waals surface area contributed by atoms with Crippen LogP contribution in [0.4, 0.5) is 0 Å². The van der Waals surface area contributed by atoms with Crippen LogP contribution in [0.25, 0.3) is 0 Å². The fraction of sp³-hybridized carbons (Fsp3) is 0.833. The highest BCUT2D eigenvalue weighted by Gasteiger charge is 2.34. The number of amides is 1. The summed E-state index contributed by atoms with van der Waals surface area (Å²) in [6, 6.07) is -0.277. The van der Waals surface area contributed by atoms with E-state index in [1.54, 1.807) is 18.7 Å². The summed E-state index contributed by atoms with van der Waals surface area (Å²) in [5.74, 6) is -1.06. The van der Waals surface area contributed by atoms with Crippen LogP contribution >= 0.6 is 0 Å². The van der Waals surface area contributed by atoms with E-state index in [0.717, 1.165) is 0 Å². The summed E-state index contributed by atoms with van der Waals surface area (Å²) in [5, 5.41) is 8.76. The van der Waals surface area contributed by atoms with E-state index < -0.39 is 15.8 Å². The minimum absolute atomic E-state index is 0.00713. The van der Waals surface area contributed by atoms with Crippen LogP contribution in [-0.2, 0) is 19.4 Å². The van der Waals surface area contributed by atoms with E-state index in [0.29, 0.717) is 19.5 Å². The Labute approximate surface area is 119 Å². The van der Waals surface area contributed by atoms with Gasteiger partial charge in [0.2, 0.25) is 5.91 Å². The van der Waals surface area contributed by atoms with Crippen LogP contribution in [0.5, 0.6) is 0 Å². The molecule has 0 aliphatic carbocycles. The van der Waals surface area contributed by atoms with Crippen LogP contribution in [0.2, 0.25) is 0 Å². The minimum atomic E-state index is -3.04. The van der Waals surface area contributed by atoms with Gasteiger partial charge >= 0.3 is 5.97 Å². The molecule has 1 N–H and O–H groups in total. The molecule has 1 fully saturated rings. The van der Waals surface area contributed by atoms with Gasteiger partial charge in [-0.1, -0.05) is 6.92 Å². The summed E-state index contributed by atoms with van der Waals surface area (Å²) < 4.78 is 23.0. The summed E-state index contributed by atoms with van der Waals surface area (Å²) in [7, 11) is -3.04. The Morgan fingerprint density at radius 1 is 1.20 bits per heavy atom. The second kappa shape index (κ2) is 7.03. The van der Waals surface area contributed by atoms with Crippen molar-refractivity contribution in [1.82, 2.24) is 9.80 Å². The summed E-state index contributed by atoms with van der Waals surface area (Å²) in [6.07, 6.45) is 0.465. The number of hydrogen-bond acceptors (Lipinski definition) is 5. The zero-order valence-corrected chi connectivity index (χ0v) is 12.7. The SMILES string of the molecule is CCN(CC(=O)O)CC(=O)N(CC)C1CCS(=O)(=O)C1. The summed E-state index contributed by atoms with van der Waals surface area (Å²) in [4.78, 5) is 26.0. The van der Waals surface area contributed by atoms with Gasteiger partial charge < -0.3 is 10.0 Å². The van der Waals surface area contributed by atoms with Crippen LogP contribution in [0, 0.1) is 0 Å². The number of aliphatic carboxylic acids is 1. The molecule has 1 rings (SSSR count). The van der Waals surface area contributed by atoms with E-state index in [4.69, 9.17) is 5.11 Å². The lowest BCUT2D eigenvalue weighted by Gasteiger charge is -2.29. The first-order valence-electron chi connectivity index (χ1n) is 6.73. The topological polar surface area (TPSA) is 95.0 Å². The van der Waals surface area contributed by atoms with Crippen LogP contribution < -0.4 is 0 Å². The number of carbonyl (C=O) groups is 2. The zero-order chi connectivity index (χ0) is 15.3. The van der Waals surface area contributed by atoms with Crippen molar-refractivity contribution in [1.29, 1.82) is 0 Å². The first kappa shape index (κ1) is 16.9. The van der Waals surface area contributed by atoms with Crippen molar-refractivity contribution < 1.29 is 23.1 Å². The van der Waals surface area contributed by atoms with Crippen molar-refractivity contribution in [2.24, 2.45) is 0 Å². The molecule has 1 unspecified atom stereocenters. The van der Waals surface area contributed by atoms with Crippen molar-refractivity contribution in [3.63, 3.8) is 0 Å². The third-order valence-electron chi connectivity index (χ3n) is 3.48. The first-order chi connectivity index (χ1) is 9.29. The number of carbonyl (C=O) groups excluding carboxylic acids is 1. The fourth-order valence-electron chi connectivity index (χ4n) is 2.41. The molecule has 116 valence electrons. The molecule has 0 aromatic rings. The molecule has 1 heterocycles. The lowest BCUT2D eigenvalue weighted by molar-refractivity contribution is -0.140. The highest BCUT2D eigenvalue weighted by Crippen LogP contribution is 2.18. The average Bonchev–Trinajstić information content (AvgIpc) is 2.69. The van der Waals surface area contributed by atoms with E-state index in [1.807, 2.05) is 0 Å². The minimum Gasteiger partial charge on any atom is -0.480 e. The Balaban J connectivity index is 2.65. The van der Waals surface area contributed by atoms with Crippen LogP contribution in [-0.4, -0.2) is 78.9 Å². The molecule has 0 bridgehead atoms. The van der Waals surface area contributed by atoms with Gasteiger partial charge in [0, 0.05) is 12.6 Å². The van der Waals surface area contributed by atoms with E-state index in [2.05, 4.69) is 0 Å². The summed E-state index contributed by atoms with van der Waals surface area (Å²) in [6.45, 7) is 4.29. The van der Waals surface area contributed by atoms with Gasteiger partial charge in [-0.05, 0) is 19.9 Å². The van der Waals surface area contributed by atoms with E-state index in [-0.39, 0.29) is 36.5 Å². The lowest BCUT2D eigenvalue weighted by Crippen LogP contribution is -2.47. The molecule has 0 radical (unpaired) electrons. The fourth-order valence-corrected chi connectivity index (χ4v) is 4.14. The smallest absolute Gasteiger partial charge is 0.317 e. The maximum absolute atomic E-state index is 12.2. The first-order valence-corrected chi connectivity index (χ1v) is 8.55. The van der Waals surface area contributed by atoms with Crippen molar-refractivity contribution in [3.05, 3.63) is 0 Å². The van der Waals surface area contributed by atoms with E-state index in [1.165, 1.54) is 4.90 Å². The van der Waals surface area contributed by atoms with Gasteiger partial charge in [-0.2, -0.15) is 0 Å². The molecule has 0 aromatic carbocycles. The largest absolute Gasteiger partial charge is 0.480 e. The molecule has 0 saturated carbocycles. The number of hydrogen-bond donors (Lipinski definition) is 1. The predicted molar refractivity (Wildman–Crippen MR) is 74.2 cm³/mol. The standard InChI is InChI=1S/C12H22N2O5S/c1-3-13(8-12(16)17)7-11(15)14(4-2)10-5-6-20(18,19)9-10/h10H,3-9H2,1-2H3,(H,16,17). The van der Waals surface area contributed by atoms with Gasteiger partial charge in [-0.25, -0.2) is 8.42 Å². The Morgan fingerprint density at radius 2 is 1.85 bits per heavy atom. The molecule has 1 saturated heterocycles. The highest BCUT2D eigenvalue weighted by molar-refractivity contribution is 7.91. The van der Waals surface area contributed by atoms with Crippen molar-refractivity contribution in [2.45, 2.75) is 26.3 Å². The molecular formula is C12H22N2O5S. The second-order valence-corrected chi connectivity index (χ2v) is 7.16. The second-order valence-electron chi connectivity index (χ2n) is 4.93. The highest BCUT2D eigenvalue weighted by atomic mass is 32.2. The number of sulfone groups is 1. The van der Waals surface area contributed by atoms with Gasteiger partial charge in [0.05, 0.1) is 24.6 Å². The number of nitrogens with zero attached hydrogens (tertiary/aromatic N) is 2. The van der Waals surface area contributed by atoms with Gasteiger partial charge in [-0.3, -0.25) is 14.5 Å². The van der Waals surface area contributed by atoms with Crippen molar-refractivity contribution >= 4 is 21.7 Å². The molecule has 20 heavy (non-hydrogen) atoms. The quantitative estimate of drug-likeness (QED) is 0.677. The molecule has 1 aliphatic heterocycles. The maximum Gasteiger partial charge on any atom is 0.317 e. The number of carboxylic acid groups (broad SMARTS) is 1. The molecule has 1 aliphatic rings. The monoisotopic (exact) mass is 306 g/mol. The molecule has 1 amide bonds. The molecular weight excluding hydrogens is 284 g/mol. The van der Waals surface area contributed by atoms with E-state index >= 15 is 0 Å². The molecule has 8 heteroatoms. The van der Waals surface area contributed by atoms with Crippen LogP contribution in [0.3, 0.4) is 0 Å². The van der Waals surface area contributed by atoms with E-state index in [9.17, 15) is 18.0 Å². The molecule has 0 aromatic heterocycles. The average molecular weight is 306 g/mol. The normalized spacial score (nSPS) is 21.1. The molecule has 7 nitrogen and oxygen atoms in total. The third kappa shape index (κ3) is 4.75. The Hall–Kier alpha value is -1.15. The van der Waals surface area contributed by atoms with Gasteiger partial charge in [0.1, 0.15) is 0 Å². The predicted octanol–water partition coefficient (Wildman–Crippen LogP) is -0.571. The number of likely N-dealkylation sites (N-methyl/N-ethyl adjacent to an activating group) is 2. The number of carboxylic acids is 1. The Morgan fingerprint density at radius 3 is 2.25 bits per heavy atom. The lowest BCUT2D eigenvalue weighted by atomic mass is 10.2.